The third-order valence-corrected chi connectivity index (χ3v) is 3.78. The van der Waals surface area contributed by atoms with E-state index < -0.39 is 0 Å². The summed E-state index contributed by atoms with van der Waals surface area (Å²) in [6, 6.07) is 9.56. The topological polar surface area (TPSA) is 42.0 Å². The maximum atomic E-state index is 11.6. The Morgan fingerprint density at radius 3 is 2.88 bits per heavy atom. The highest BCUT2D eigenvalue weighted by Crippen LogP contribution is 2.22. The Labute approximate surface area is 112 Å². The van der Waals surface area contributed by atoms with Crippen LogP contribution >= 0.6 is 27.3 Å². The van der Waals surface area contributed by atoms with E-state index in [1.54, 1.807) is 17.5 Å². The first-order valence-corrected chi connectivity index (χ1v) is 6.76. The number of carbonyl (C=O) groups is 1. The number of halogens is 1. The molecule has 0 radical (unpaired) electrons. The molecule has 0 fully saturated rings. The first kappa shape index (κ1) is 12.3. The molecule has 0 aliphatic carbocycles. The van der Waals surface area contributed by atoms with E-state index in [2.05, 4.69) is 26.2 Å². The largest absolute Gasteiger partial charge is 0.350 e. The van der Waals surface area contributed by atoms with Crippen LogP contribution in [0.15, 0.2) is 40.3 Å². The minimum Gasteiger partial charge on any atom is -0.350 e. The Morgan fingerprint density at radius 2 is 2.24 bits per heavy atom. The van der Waals surface area contributed by atoms with E-state index in [-0.39, 0.29) is 5.91 Å². The van der Waals surface area contributed by atoms with Gasteiger partial charge in [0.25, 0.3) is 0 Å². The lowest BCUT2D eigenvalue weighted by atomic mass is 10.3. The highest BCUT2D eigenvalue weighted by Gasteiger charge is 2.05. The van der Waals surface area contributed by atoms with E-state index in [0.717, 1.165) is 14.4 Å². The Hall–Kier alpha value is -1.20. The van der Waals surface area contributed by atoms with Crippen molar-refractivity contribution in [3.8, 4) is 0 Å². The van der Waals surface area contributed by atoms with Gasteiger partial charge in [-0.05, 0) is 40.2 Å². The zero-order valence-electron chi connectivity index (χ0n) is 9.02. The van der Waals surface area contributed by atoms with Crippen LogP contribution in [0.5, 0.6) is 0 Å². The number of hydrogen-bond acceptors (Lipinski definition) is 3. The second-order valence-electron chi connectivity index (χ2n) is 3.48. The third kappa shape index (κ3) is 3.94. The summed E-state index contributed by atoms with van der Waals surface area (Å²) in [4.78, 5) is 16.8. The summed E-state index contributed by atoms with van der Waals surface area (Å²) in [5.74, 6) is 0.0185. The van der Waals surface area contributed by atoms with Crippen LogP contribution in [0, 0.1) is 0 Å². The molecule has 17 heavy (non-hydrogen) atoms. The molecule has 0 aromatic carbocycles. The number of nitrogens with one attached hydrogen (secondary N) is 1. The first-order chi connectivity index (χ1) is 8.24. The van der Waals surface area contributed by atoms with Crippen molar-refractivity contribution >= 4 is 33.2 Å². The summed E-state index contributed by atoms with van der Waals surface area (Å²) in [5, 5.41) is 2.85. The Balaban J connectivity index is 1.82. The van der Waals surface area contributed by atoms with Crippen molar-refractivity contribution in [1.29, 1.82) is 0 Å². The van der Waals surface area contributed by atoms with Gasteiger partial charge in [-0.15, -0.1) is 11.3 Å². The zero-order chi connectivity index (χ0) is 12.1. The molecule has 2 rings (SSSR count). The predicted molar refractivity (Wildman–Crippen MR) is 71.8 cm³/mol. The molecule has 0 atom stereocenters. The number of carbonyl (C=O) groups excluding carboxylic acids is 1. The summed E-state index contributed by atoms with van der Waals surface area (Å²) in [5.41, 5.74) is 0.869. The molecule has 0 unspecified atom stereocenters. The monoisotopic (exact) mass is 310 g/mol. The molecule has 0 spiro atoms. The normalized spacial score (nSPS) is 10.2. The molecule has 2 aromatic rings. The molecule has 88 valence electrons. The zero-order valence-corrected chi connectivity index (χ0v) is 11.4. The fourth-order valence-corrected chi connectivity index (χ4v) is 2.84. The van der Waals surface area contributed by atoms with Gasteiger partial charge in [-0.3, -0.25) is 9.78 Å². The standard InChI is InChI=1S/C12H11BrN2OS/c13-11-5-4-10(17-11)7-12(16)15-8-9-3-1-2-6-14-9/h1-6H,7-8H2,(H,15,16). The molecular weight excluding hydrogens is 300 g/mol. The lowest BCUT2D eigenvalue weighted by Gasteiger charge is -2.03. The van der Waals surface area contributed by atoms with E-state index >= 15 is 0 Å². The van der Waals surface area contributed by atoms with Crippen molar-refractivity contribution in [3.63, 3.8) is 0 Å². The number of pyridine rings is 1. The lowest BCUT2D eigenvalue weighted by Crippen LogP contribution is -2.24. The van der Waals surface area contributed by atoms with Gasteiger partial charge in [0.1, 0.15) is 0 Å². The Bertz CT molecular complexity index is 498. The number of rotatable bonds is 4. The van der Waals surface area contributed by atoms with Gasteiger partial charge in [-0.2, -0.15) is 0 Å². The van der Waals surface area contributed by atoms with Crippen LogP contribution in [-0.2, 0) is 17.8 Å². The van der Waals surface area contributed by atoms with Gasteiger partial charge in [-0.1, -0.05) is 6.07 Å². The van der Waals surface area contributed by atoms with Gasteiger partial charge in [-0.25, -0.2) is 0 Å². The van der Waals surface area contributed by atoms with Crippen LogP contribution in [0.3, 0.4) is 0 Å². The van der Waals surface area contributed by atoms with E-state index in [1.165, 1.54) is 0 Å². The molecule has 2 aromatic heterocycles. The Kier molecular flexibility index (Phi) is 4.28. The van der Waals surface area contributed by atoms with Gasteiger partial charge >= 0.3 is 0 Å². The SMILES string of the molecule is O=C(Cc1ccc(Br)s1)NCc1ccccn1. The fraction of sp³-hybridized carbons (Fsp3) is 0.167. The molecule has 1 N–H and O–H groups in total. The van der Waals surface area contributed by atoms with Crippen molar-refractivity contribution in [1.82, 2.24) is 10.3 Å². The second kappa shape index (κ2) is 5.93. The summed E-state index contributed by atoms with van der Waals surface area (Å²) in [7, 11) is 0. The quantitative estimate of drug-likeness (QED) is 0.943. The number of thiophene rings is 1. The molecule has 0 saturated carbocycles. The number of amides is 1. The molecular formula is C12H11BrN2OS. The average molecular weight is 311 g/mol. The third-order valence-electron chi connectivity index (χ3n) is 2.16. The predicted octanol–water partition coefficient (Wildman–Crippen LogP) is 2.76. The van der Waals surface area contributed by atoms with Gasteiger partial charge < -0.3 is 5.32 Å². The van der Waals surface area contributed by atoms with Crippen molar-refractivity contribution < 1.29 is 4.79 Å². The number of hydrogen-bond donors (Lipinski definition) is 1. The van der Waals surface area contributed by atoms with Crippen molar-refractivity contribution in [2.75, 3.05) is 0 Å². The van der Waals surface area contributed by atoms with Crippen molar-refractivity contribution in [3.05, 3.63) is 50.9 Å². The molecule has 0 aliphatic heterocycles. The number of nitrogens with zero attached hydrogens (tertiary/aromatic N) is 1. The summed E-state index contributed by atoms with van der Waals surface area (Å²) in [6.45, 7) is 0.478. The molecule has 1 amide bonds. The second-order valence-corrected chi connectivity index (χ2v) is 6.03. The van der Waals surface area contributed by atoms with Crippen LogP contribution in [0.4, 0.5) is 0 Å². The smallest absolute Gasteiger partial charge is 0.225 e. The van der Waals surface area contributed by atoms with Crippen LogP contribution in [-0.4, -0.2) is 10.9 Å². The highest BCUT2D eigenvalue weighted by atomic mass is 79.9. The van der Waals surface area contributed by atoms with Crippen LogP contribution < -0.4 is 5.32 Å². The minimum atomic E-state index is 0.0185. The summed E-state index contributed by atoms with van der Waals surface area (Å²) >= 11 is 4.95. The van der Waals surface area contributed by atoms with Crippen LogP contribution in [0.2, 0.25) is 0 Å². The number of aromatic nitrogens is 1. The van der Waals surface area contributed by atoms with Crippen molar-refractivity contribution in [2.45, 2.75) is 13.0 Å². The van der Waals surface area contributed by atoms with E-state index in [9.17, 15) is 4.79 Å². The fourth-order valence-electron chi connectivity index (χ4n) is 1.36. The highest BCUT2D eigenvalue weighted by molar-refractivity contribution is 9.11. The first-order valence-electron chi connectivity index (χ1n) is 5.15. The van der Waals surface area contributed by atoms with Gasteiger partial charge in [0.05, 0.1) is 22.4 Å². The van der Waals surface area contributed by atoms with Gasteiger partial charge in [0, 0.05) is 11.1 Å². The summed E-state index contributed by atoms with van der Waals surface area (Å²) in [6.07, 6.45) is 2.14. The van der Waals surface area contributed by atoms with E-state index in [0.29, 0.717) is 13.0 Å². The Morgan fingerprint density at radius 1 is 1.35 bits per heavy atom. The lowest BCUT2D eigenvalue weighted by molar-refractivity contribution is -0.120. The molecule has 0 saturated heterocycles. The molecule has 0 aliphatic rings. The van der Waals surface area contributed by atoms with Crippen LogP contribution in [0.1, 0.15) is 10.6 Å². The van der Waals surface area contributed by atoms with Crippen molar-refractivity contribution in [2.24, 2.45) is 0 Å². The van der Waals surface area contributed by atoms with E-state index in [1.807, 2.05) is 30.3 Å². The molecule has 0 bridgehead atoms. The molecule has 3 nitrogen and oxygen atoms in total. The maximum absolute atomic E-state index is 11.6. The minimum absolute atomic E-state index is 0.0185. The molecule has 5 heteroatoms. The van der Waals surface area contributed by atoms with E-state index in [4.69, 9.17) is 0 Å². The van der Waals surface area contributed by atoms with Gasteiger partial charge in [0.15, 0.2) is 0 Å². The van der Waals surface area contributed by atoms with Gasteiger partial charge in [0.2, 0.25) is 5.91 Å². The average Bonchev–Trinajstić information content (AvgIpc) is 2.73. The summed E-state index contributed by atoms with van der Waals surface area (Å²) < 4.78 is 1.05. The van der Waals surface area contributed by atoms with Crippen LogP contribution in [0.25, 0.3) is 0 Å². The molecule has 2 heterocycles. The maximum Gasteiger partial charge on any atom is 0.225 e.